The number of hydrogen-bond acceptors (Lipinski definition) is 1. The number of nitrogens with one attached hydrogen (secondary N) is 1. The Labute approximate surface area is 99.5 Å². The van der Waals surface area contributed by atoms with Gasteiger partial charge >= 0.3 is 5.97 Å². The van der Waals surface area contributed by atoms with E-state index in [0.29, 0.717) is 12.8 Å². The second-order valence-corrected chi connectivity index (χ2v) is 5.17. The number of aliphatic carboxylic acids is 1. The fourth-order valence-electron chi connectivity index (χ4n) is 2.73. The van der Waals surface area contributed by atoms with Crippen LogP contribution in [-0.2, 0) is 17.6 Å². The van der Waals surface area contributed by atoms with Crippen LogP contribution in [0.25, 0.3) is 10.9 Å². The number of aromatic nitrogens is 1. The molecular formula is C14H15NO2. The van der Waals surface area contributed by atoms with Crippen LogP contribution in [0.2, 0.25) is 0 Å². The van der Waals surface area contributed by atoms with Crippen LogP contribution in [0, 0.1) is 5.41 Å². The summed E-state index contributed by atoms with van der Waals surface area (Å²) in [6.45, 7) is 1.85. The molecule has 3 nitrogen and oxygen atoms in total. The summed E-state index contributed by atoms with van der Waals surface area (Å²) in [4.78, 5) is 14.7. The molecule has 1 aromatic carbocycles. The van der Waals surface area contributed by atoms with Gasteiger partial charge in [0.05, 0.1) is 5.41 Å². The molecule has 0 aliphatic heterocycles. The molecule has 1 aliphatic carbocycles. The highest BCUT2D eigenvalue weighted by Crippen LogP contribution is 2.38. The largest absolute Gasteiger partial charge is 0.481 e. The predicted molar refractivity (Wildman–Crippen MR) is 66.1 cm³/mol. The summed E-state index contributed by atoms with van der Waals surface area (Å²) in [7, 11) is 0. The number of aryl methyl sites for hydroxylation is 1. The number of fused-ring (bicyclic) bond motifs is 3. The zero-order valence-electron chi connectivity index (χ0n) is 9.79. The van der Waals surface area contributed by atoms with Crippen molar-refractivity contribution in [2.24, 2.45) is 5.41 Å². The number of carboxylic acid groups (broad SMARTS) is 1. The van der Waals surface area contributed by atoms with E-state index >= 15 is 0 Å². The number of para-hydroxylation sites is 1. The van der Waals surface area contributed by atoms with E-state index in [1.54, 1.807) is 0 Å². The van der Waals surface area contributed by atoms with E-state index < -0.39 is 11.4 Å². The molecule has 1 aliphatic rings. The lowest BCUT2D eigenvalue weighted by Crippen LogP contribution is -2.33. The van der Waals surface area contributed by atoms with Crippen LogP contribution < -0.4 is 0 Å². The van der Waals surface area contributed by atoms with Crippen LogP contribution in [-0.4, -0.2) is 16.1 Å². The van der Waals surface area contributed by atoms with E-state index in [-0.39, 0.29) is 0 Å². The number of carboxylic acids is 1. The van der Waals surface area contributed by atoms with Crippen molar-refractivity contribution in [3.63, 3.8) is 0 Å². The van der Waals surface area contributed by atoms with E-state index in [1.165, 1.54) is 16.6 Å². The van der Waals surface area contributed by atoms with E-state index in [2.05, 4.69) is 11.1 Å². The summed E-state index contributed by atoms with van der Waals surface area (Å²) in [5.74, 6) is -0.687. The average molecular weight is 229 g/mol. The van der Waals surface area contributed by atoms with Gasteiger partial charge in [0.2, 0.25) is 0 Å². The van der Waals surface area contributed by atoms with Gasteiger partial charge in [-0.15, -0.1) is 0 Å². The molecule has 0 spiro atoms. The number of aromatic amines is 1. The average Bonchev–Trinajstić information content (AvgIpc) is 2.67. The van der Waals surface area contributed by atoms with Crippen LogP contribution in [0.15, 0.2) is 24.3 Å². The van der Waals surface area contributed by atoms with Crippen LogP contribution in [0.1, 0.15) is 24.6 Å². The zero-order valence-corrected chi connectivity index (χ0v) is 9.79. The summed E-state index contributed by atoms with van der Waals surface area (Å²) < 4.78 is 0. The smallest absolute Gasteiger partial charge is 0.309 e. The van der Waals surface area contributed by atoms with Crippen LogP contribution in [0.5, 0.6) is 0 Å². The standard InChI is InChI=1S/C14H15NO2/c1-14(13(16)17)7-6-12-10(8-14)9-4-2-3-5-11(9)15-12/h2-5,15H,6-8H2,1H3,(H,16,17). The lowest BCUT2D eigenvalue weighted by molar-refractivity contribution is -0.148. The maximum Gasteiger partial charge on any atom is 0.309 e. The van der Waals surface area contributed by atoms with Crippen LogP contribution in [0.3, 0.4) is 0 Å². The first-order valence-corrected chi connectivity index (χ1v) is 5.92. The van der Waals surface area contributed by atoms with E-state index in [9.17, 15) is 9.90 Å². The third-order valence-electron chi connectivity index (χ3n) is 3.91. The van der Waals surface area contributed by atoms with Crippen molar-refractivity contribution in [1.29, 1.82) is 0 Å². The topological polar surface area (TPSA) is 53.1 Å². The molecule has 0 bridgehead atoms. The number of hydrogen-bond donors (Lipinski definition) is 2. The second kappa shape index (κ2) is 3.36. The Balaban J connectivity index is 2.15. The van der Waals surface area contributed by atoms with E-state index in [1.807, 2.05) is 25.1 Å². The first-order valence-electron chi connectivity index (χ1n) is 5.92. The molecule has 17 heavy (non-hydrogen) atoms. The van der Waals surface area contributed by atoms with Gasteiger partial charge in [-0.1, -0.05) is 18.2 Å². The van der Waals surface area contributed by atoms with Gasteiger partial charge in [-0.25, -0.2) is 0 Å². The molecule has 0 saturated carbocycles. The molecule has 2 aromatic rings. The molecule has 1 unspecified atom stereocenters. The number of H-pyrrole nitrogens is 1. The number of benzene rings is 1. The molecule has 2 N–H and O–H groups in total. The van der Waals surface area contributed by atoms with Crippen molar-refractivity contribution in [2.45, 2.75) is 26.2 Å². The van der Waals surface area contributed by atoms with Gasteiger partial charge < -0.3 is 10.1 Å². The highest BCUT2D eigenvalue weighted by molar-refractivity contribution is 5.86. The summed E-state index contributed by atoms with van der Waals surface area (Å²) >= 11 is 0. The van der Waals surface area contributed by atoms with Crippen molar-refractivity contribution >= 4 is 16.9 Å². The van der Waals surface area contributed by atoms with Crippen molar-refractivity contribution in [1.82, 2.24) is 4.98 Å². The molecule has 88 valence electrons. The highest BCUT2D eigenvalue weighted by atomic mass is 16.4. The molecule has 0 radical (unpaired) electrons. The minimum absolute atomic E-state index is 0.613. The fraction of sp³-hybridized carbons (Fsp3) is 0.357. The number of carbonyl (C=O) groups is 1. The SMILES string of the molecule is CC1(C(=O)O)CCc2[nH]c3ccccc3c2C1. The monoisotopic (exact) mass is 229 g/mol. The van der Waals surface area contributed by atoms with Crippen molar-refractivity contribution in [3.05, 3.63) is 35.5 Å². The normalized spacial score (nSPS) is 23.6. The van der Waals surface area contributed by atoms with Crippen molar-refractivity contribution in [2.75, 3.05) is 0 Å². The van der Waals surface area contributed by atoms with Crippen molar-refractivity contribution < 1.29 is 9.90 Å². The summed E-state index contributed by atoms with van der Waals surface area (Å²) in [6, 6.07) is 8.12. The maximum absolute atomic E-state index is 11.3. The van der Waals surface area contributed by atoms with Crippen molar-refractivity contribution in [3.8, 4) is 0 Å². The molecular weight excluding hydrogens is 214 g/mol. The van der Waals surface area contributed by atoms with Crippen LogP contribution >= 0.6 is 0 Å². The quantitative estimate of drug-likeness (QED) is 0.790. The molecule has 3 rings (SSSR count). The van der Waals surface area contributed by atoms with E-state index in [4.69, 9.17) is 0 Å². The first-order chi connectivity index (χ1) is 8.10. The van der Waals surface area contributed by atoms with Gasteiger partial charge in [0.25, 0.3) is 0 Å². The van der Waals surface area contributed by atoms with Gasteiger partial charge in [-0.2, -0.15) is 0 Å². The summed E-state index contributed by atoms with van der Waals surface area (Å²) in [6.07, 6.45) is 2.16. The van der Waals surface area contributed by atoms with Gasteiger partial charge in [0.1, 0.15) is 0 Å². The third kappa shape index (κ3) is 1.46. The second-order valence-electron chi connectivity index (χ2n) is 5.17. The maximum atomic E-state index is 11.3. The first kappa shape index (κ1) is 10.4. The number of rotatable bonds is 1. The van der Waals surface area contributed by atoms with Crippen LogP contribution in [0.4, 0.5) is 0 Å². The predicted octanol–water partition coefficient (Wildman–Crippen LogP) is 2.75. The molecule has 0 fully saturated rings. The molecule has 1 atom stereocenters. The minimum Gasteiger partial charge on any atom is -0.481 e. The minimum atomic E-state index is -0.687. The Kier molecular flexibility index (Phi) is 2.05. The molecule has 1 aromatic heterocycles. The Bertz CT molecular complexity index is 599. The van der Waals surface area contributed by atoms with E-state index in [0.717, 1.165) is 11.9 Å². The Morgan fingerprint density at radius 1 is 1.41 bits per heavy atom. The van der Waals surface area contributed by atoms with Gasteiger partial charge in [0.15, 0.2) is 0 Å². The Morgan fingerprint density at radius 3 is 2.94 bits per heavy atom. The molecule has 0 saturated heterocycles. The fourth-order valence-corrected chi connectivity index (χ4v) is 2.73. The Hall–Kier alpha value is -1.77. The zero-order chi connectivity index (χ0) is 12.0. The summed E-state index contributed by atoms with van der Waals surface area (Å²) in [5, 5.41) is 10.5. The lowest BCUT2D eigenvalue weighted by atomic mass is 9.74. The van der Waals surface area contributed by atoms with Gasteiger partial charge in [-0.3, -0.25) is 4.79 Å². The summed E-state index contributed by atoms with van der Waals surface area (Å²) in [5.41, 5.74) is 2.91. The molecule has 1 heterocycles. The van der Waals surface area contributed by atoms with Gasteiger partial charge in [-0.05, 0) is 37.8 Å². The lowest BCUT2D eigenvalue weighted by Gasteiger charge is -2.29. The Morgan fingerprint density at radius 2 is 2.18 bits per heavy atom. The van der Waals surface area contributed by atoms with Gasteiger partial charge in [0, 0.05) is 16.6 Å². The molecule has 3 heteroatoms. The highest BCUT2D eigenvalue weighted by Gasteiger charge is 2.38. The molecule has 0 amide bonds. The third-order valence-corrected chi connectivity index (χ3v) is 3.91.